The first kappa shape index (κ1) is 29.0. The molecule has 0 spiro atoms. The van der Waals surface area contributed by atoms with Crippen LogP contribution < -0.4 is 14.4 Å². The molecule has 38 heavy (non-hydrogen) atoms. The highest BCUT2D eigenvalue weighted by Gasteiger charge is 2.33. The van der Waals surface area contributed by atoms with E-state index in [4.69, 9.17) is 16.3 Å². The van der Waals surface area contributed by atoms with E-state index in [1.807, 2.05) is 13.0 Å². The van der Waals surface area contributed by atoms with Gasteiger partial charge in [-0.1, -0.05) is 41.4 Å². The van der Waals surface area contributed by atoms with Crippen LogP contribution in [0.15, 0.2) is 71.6 Å². The summed E-state index contributed by atoms with van der Waals surface area (Å²) in [7, 11) is -1.12. The van der Waals surface area contributed by atoms with Crippen molar-refractivity contribution >= 4 is 39.1 Å². The second kappa shape index (κ2) is 12.3. The largest absolute Gasteiger partial charge is 0.497 e. The van der Waals surface area contributed by atoms with Crippen LogP contribution in [0.5, 0.6) is 5.75 Å². The number of hydrogen-bond donors (Lipinski definition) is 1. The molecule has 10 heteroatoms. The van der Waals surface area contributed by atoms with Gasteiger partial charge in [-0.25, -0.2) is 8.42 Å². The quantitative estimate of drug-likeness (QED) is 0.400. The lowest BCUT2D eigenvalue weighted by molar-refractivity contribution is -0.139. The molecule has 0 heterocycles. The minimum atomic E-state index is -4.15. The Morgan fingerprint density at radius 3 is 2.32 bits per heavy atom. The van der Waals surface area contributed by atoms with Gasteiger partial charge in [0.05, 0.1) is 17.7 Å². The molecule has 0 radical (unpaired) electrons. The van der Waals surface area contributed by atoms with Gasteiger partial charge in [0, 0.05) is 18.6 Å². The first-order valence-electron chi connectivity index (χ1n) is 12.0. The number of hydrogen-bond acceptors (Lipinski definition) is 5. The van der Waals surface area contributed by atoms with Crippen LogP contribution in [0, 0.1) is 13.8 Å². The number of anilines is 1. The molecule has 0 saturated carbocycles. The summed E-state index contributed by atoms with van der Waals surface area (Å²) >= 11 is 6.14. The van der Waals surface area contributed by atoms with Crippen LogP contribution in [0.25, 0.3) is 0 Å². The lowest BCUT2D eigenvalue weighted by Crippen LogP contribution is -2.50. The third-order valence-electron chi connectivity index (χ3n) is 6.22. The van der Waals surface area contributed by atoms with Gasteiger partial charge in [0.25, 0.3) is 10.0 Å². The average Bonchev–Trinajstić information content (AvgIpc) is 2.90. The Labute approximate surface area is 229 Å². The summed E-state index contributed by atoms with van der Waals surface area (Å²) in [6, 6.07) is 17.5. The van der Waals surface area contributed by atoms with E-state index in [0.29, 0.717) is 22.0 Å². The predicted molar refractivity (Wildman–Crippen MR) is 149 cm³/mol. The van der Waals surface area contributed by atoms with Gasteiger partial charge in [0.2, 0.25) is 11.8 Å². The number of carbonyl (C=O) groups excluding carboxylic acids is 2. The molecule has 0 bridgehead atoms. The van der Waals surface area contributed by atoms with E-state index in [0.717, 1.165) is 15.4 Å². The van der Waals surface area contributed by atoms with Crippen LogP contribution in [0.3, 0.4) is 0 Å². The number of amides is 2. The fourth-order valence-corrected chi connectivity index (χ4v) is 5.71. The maximum Gasteiger partial charge on any atom is 0.264 e. The summed E-state index contributed by atoms with van der Waals surface area (Å²) in [4.78, 5) is 27.8. The van der Waals surface area contributed by atoms with Crippen molar-refractivity contribution in [2.45, 2.75) is 38.3 Å². The second-order valence-electron chi connectivity index (χ2n) is 8.92. The maximum absolute atomic E-state index is 13.9. The smallest absolute Gasteiger partial charge is 0.264 e. The van der Waals surface area contributed by atoms with Crippen LogP contribution in [0.1, 0.15) is 23.6 Å². The number of sulfonamides is 1. The second-order valence-corrected chi connectivity index (χ2v) is 11.2. The third-order valence-corrected chi connectivity index (χ3v) is 8.23. The first-order valence-corrected chi connectivity index (χ1v) is 13.8. The van der Waals surface area contributed by atoms with Crippen molar-refractivity contribution in [2.75, 3.05) is 25.0 Å². The van der Waals surface area contributed by atoms with Crippen LogP contribution in [-0.4, -0.2) is 51.9 Å². The number of ether oxygens (including phenoxy) is 1. The van der Waals surface area contributed by atoms with Gasteiger partial charge in [0.15, 0.2) is 0 Å². The van der Waals surface area contributed by atoms with Gasteiger partial charge in [-0.3, -0.25) is 13.9 Å². The van der Waals surface area contributed by atoms with Crippen molar-refractivity contribution in [3.05, 3.63) is 88.4 Å². The minimum Gasteiger partial charge on any atom is -0.497 e. The molecule has 3 aromatic carbocycles. The van der Waals surface area contributed by atoms with E-state index >= 15 is 0 Å². The highest BCUT2D eigenvalue weighted by atomic mass is 35.5. The molecule has 0 unspecified atom stereocenters. The van der Waals surface area contributed by atoms with Crippen molar-refractivity contribution in [2.24, 2.45) is 0 Å². The van der Waals surface area contributed by atoms with Crippen LogP contribution in [0.4, 0.5) is 5.69 Å². The van der Waals surface area contributed by atoms with Crippen molar-refractivity contribution in [3.8, 4) is 5.75 Å². The summed E-state index contributed by atoms with van der Waals surface area (Å²) < 4.78 is 34.1. The van der Waals surface area contributed by atoms with Crippen molar-refractivity contribution in [1.82, 2.24) is 10.2 Å². The van der Waals surface area contributed by atoms with Crippen LogP contribution >= 0.6 is 11.6 Å². The van der Waals surface area contributed by atoms with Crippen molar-refractivity contribution < 1.29 is 22.7 Å². The number of rotatable bonds is 10. The molecule has 0 aliphatic carbocycles. The SMILES string of the molecule is CNC(=O)[C@@H](C)N(Cc1cccc(OC)c1)C(=O)CN(c1ccc(Cl)cc1C)S(=O)(=O)c1ccc(C)cc1. The van der Waals surface area contributed by atoms with Gasteiger partial charge < -0.3 is 15.0 Å². The molecule has 8 nitrogen and oxygen atoms in total. The number of halogens is 1. The molecular weight excluding hydrogens is 526 g/mol. The van der Waals surface area contributed by atoms with Crippen LogP contribution in [0.2, 0.25) is 5.02 Å². The molecule has 0 aromatic heterocycles. The Balaban J connectivity index is 2.07. The molecule has 0 aliphatic heterocycles. The number of nitrogens with zero attached hydrogens (tertiary/aromatic N) is 2. The molecule has 1 N–H and O–H groups in total. The summed E-state index contributed by atoms with van der Waals surface area (Å²) in [5, 5.41) is 3.01. The van der Waals surface area contributed by atoms with Gasteiger partial charge in [0.1, 0.15) is 18.3 Å². The topological polar surface area (TPSA) is 96.0 Å². The highest BCUT2D eigenvalue weighted by Crippen LogP contribution is 2.29. The molecular formula is C28H32ClN3O5S. The zero-order valence-corrected chi connectivity index (χ0v) is 23.6. The number of methoxy groups -OCH3 is 1. The number of likely N-dealkylation sites (N-methyl/N-ethyl adjacent to an activating group) is 1. The lowest BCUT2D eigenvalue weighted by atomic mass is 10.1. The van der Waals surface area contributed by atoms with Crippen molar-refractivity contribution in [1.29, 1.82) is 0 Å². The molecule has 3 rings (SSSR count). The standard InChI is InChI=1S/C28H32ClN3O5S/c1-19-9-12-25(13-10-19)38(35,36)32(26-14-11-23(29)15-20(26)2)18-27(33)31(21(3)28(34)30-4)17-22-7-6-8-24(16-22)37-5/h6-16,21H,17-18H2,1-5H3,(H,30,34)/t21-/m1/s1. The molecule has 1 atom stereocenters. The first-order chi connectivity index (χ1) is 18.0. The normalized spacial score (nSPS) is 11.9. The van der Waals surface area contributed by atoms with Crippen molar-refractivity contribution in [3.63, 3.8) is 0 Å². The Kier molecular flexibility index (Phi) is 9.40. The minimum absolute atomic E-state index is 0.0453. The van der Waals surface area contributed by atoms with E-state index in [2.05, 4.69) is 5.32 Å². The molecule has 0 fully saturated rings. The number of carbonyl (C=O) groups is 2. The molecule has 0 aliphatic rings. The molecule has 0 saturated heterocycles. The lowest BCUT2D eigenvalue weighted by Gasteiger charge is -2.32. The average molecular weight is 558 g/mol. The Hall–Kier alpha value is -3.56. The summed E-state index contributed by atoms with van der Waals surface area (Å²) in [5.41, 5.74) is 2.53. The van der Waals surface area contributed by atoms with Gasteiger partial charge in [-0.05, 0) is 74.4 Å². The zero-order chi connectivity index (χ0) is 28.0. The number of aryl methyl sites for hydroxylation is 2. The van der Waals surface area contributed by atoms with E-state index in [9.17, 15) is 18.0 Å². The number of nitrogens with one attached hydrogen (secondary N) is 1. The van der Waals surface area contributed by atoms with Crippen LogP contribution in [-0.2, 0) is 26.2 Å². The molecule has 2 amide bonds. The van der Waals surface area contributed by atoms with Gasteiger partial charge in [-0.15, -0.1) is 0 Å². The fraction of sp³-hybridized carbons (Fsp3) is 0.286. The van der Waals surface area contributed by atoms with E-state index in [1.165, 1.54) is 31.2 Å². The van der Waals surface area contributed by atoms with E-state index in [-0.39, 0.29) is 17.3 Å². The monoisotopic (exact) mass is 557 g/mol. The Morgan fingerprint density at radius 1 is 1.03 bits per heavy atom. The third kappa shape index (κ3) is 6.65. The highest BCUT2D eigenvalue weighted by molar-refractivity contribution is 7.92. The van der Waals surface area contributed by atoms with Gasteiger partial charge in [-0.2, -0.15) is 0 Å². The van der Waals surface area contributed by atoms with E-state index < -0.39 is 28.5 Å². The summed E-state index contributed by atoms with van der Waals surface area (Å²) in [6.45, 7) is 4.73. The Morgan fingerprint density at radius 2 is 1.71 bits per heavy atom. The number of benzene rings is 3. The fourth-order valence-electron chi connectivity index (χ4n) is 4.01. The molecule has 3 aromatic rings. The Bertz CT molecular complexity index is 1410. The molecule has 202 valence electrons. The maximum atomic E-state index is 13.9. The summed E-state index contributed by atoms with van der Waals surface area (Å²) in [5.74, 6) is -0.325. The zero-order valence-electron chi connectivity index (χ0n) is 22.1. The van der Waals surface area contributed by atoms with Gasteiger partial charge >= 0.3 is 0 Å². The summed E-state index contributed by atoms with van der Waals surface area (Å²) in [6.07, 6.45) is 0. The van der Waals surface area contributed by atoms with E-state index in [1.54, 1.807) is 62.4 Å². The predicted octanol–water partition coefficient (Wildman–Crippen LogP) is 4.32.